The summed E-state index contributed by atoms with van der Waals surface area (Å²) >= 11 is 1.46. The van der Waals surface area contributed by atoms with Gasteiger partial charge in [-0.2, -0.15) is 13.2 Å². The molecule has 0 amide bonds. The smallest absolute Gasteiger partial charge is 0.382 e. The Morgan fingerprint density at radius 1 is 1.53 bits per heavy atom. The van der Waals surface area contributed by atoms with E-state index in [0.29, 0.717) is 0 Å². The fourth-order valence-corrected chi connectivity index (χ4v) is 1.80. The van der Waals surface area contributed by atoms with Crippen LogP contribution in [0.1, 0.15) is 17.8 Å². The third kappa shape index (κ3) is 3.81. The predicted molar refractivity (Wildman–Crippen MR) is 52.8 cm³/mol. The first kappa shape index (κ1) is 12.5. The molecule has 1 rings (SSSR count). The van der Waals surface area contributed by atoms with Gasteiger partial charge in [0.15, 0.2) is 6.10 Å². The molecule has 0 aliphatic rings. The second kappa shape index (κ2) is 4.96. The van der Waals surface area contributed by atoms with Gasteiger partial charge >= 0.3 is 6.18 Å². The minimum atomic E-state index is -4.55. The van der Waals surface area contributed by atoms with Crippen molar-refractivity contribution in [1.29, 1.82) is 0 Å². The van der Waals surface area contributed by atoms with E-state index < -0.39 is 18.8 Å². The number of rotatable bonds is 4. The highest BCUT2D eigenvalue weighted by Gasteiger charge is 2.37. The lowest BCUT2D eigenvalue weighted by atomic mass is 10.2. The van der Waals surface area contributed by atoms with E-state index in [1.165, 1.54) is 11.3 Å². The Kier molecular flexibility index (Phi) is 4.12. The molecule has 0 saturated carbocycles. The third-order valence-electron chi connectivity index (χ3n) is 1.97. The SMILES string of the molecule is CC(NCC(O)C(F)(F)F)c1cccs1. The van der Waals surface area contributed by atoms with Crippen molar-refractivity contribution in [1.82, 2.24) is 5.32 Å². The van der Waals surface area contributed by atoms with Gasteiger partial charge < -0.3 is 10.4 Å². The molecule has 1 aromatic rings. The van der Waals surface area contributed by atoms with Gasteiger partial charge in [0.25, 0.3) is 0 Å². The number of hydrogen-bond acceptors (Lipinski definition) is 3. The van der Waals surface area contributed by atoms with Gasteiger partial charge in [-0.25, -0.2) is 0 Å². The van der Waals surface area contributed by atoms with Gasteiger partial charge in [0.1, 0.15) is 0 Å². The normalized spacial score (nSPS) is 16.3. The van der Waals surface area contributed by atoms with E-state index in [4.69, 9.17) is 5.11 Å². The largest absolute Gasteiger partial charge is 0.415 e. The van der Waals surface area contributed by atoms with E-state index in [1.54, 1.807) is 6.92 Å². The molecule has 1 heterocycles. The molecule has 0 fully saturated rings. The molecule has 1 aromatic heterocycles. The average molecular weight is 239 g/mol. The summed E-state index contributed by atoms with van der Waals surface area (Å²) in [5.41, 5.74) is 0. The summed E-state index contributed by atoms with van der Waals surface area (Å²) in [6.45, 7) is 1.28. The maximum atomic E-state index is 12.0. The van der Waals surface area contributed by atoms with Crippen LogP contribution < -0.4 is 5.32 Å². The van der Waals surface area contributed by atoms with Gasteiger partial charge in [-0.05, 0) is 18.4 Å². The zero-order valence-electron chi connectivity index (χ0n) is 8.08. The van der Waals surface area contributed by atoms with Crippen LogP contribution >= 0.6 is 11.3 Å². The van der Waals surface area contributed by atoms with Gasteiger partial charge in [-0.3, -0.25) is 0 Å². The van der Waals surface area contributed by atoms with E-state index in [0.717, 1.165) is 4.88 Å². The summed E-state index contributed by atoms with van der Waals surface area (Å²) < 4.78 is 35.9. The summed E-state index contributed by atoms with van der Waals surface area (Å²) in [5.74, 6) is 0. The fourth-order valence-electron chi connectivity index (χ4n) is 1.04. The van der Waals surface area contributed by atoms with Crippen LogP contribution in [0.25, 0.3) is 0 Å². The number of thiophene rings is 1. The van der Waals surface area contributed by atoms with Crippen LogP contribution in [0.5, 0.6) is 0 Å². The van der Waals surface area contributed by atoms with E-state index >= 15 is 0 Å². The lowest BCUT2D eigenvalue weighted by Crippen LogP contribution is -2.39. The van der Waals surface area contributed by atoms with Crippen molar-refractivity contribution in [2.45, 2.75) is 25.2 Å². The molecule has 0 aliphatic carbocycles. The maximum absolute atomic E-state index is 12.0. The molecular formula is C9H12F3NOS. The molecule has 6 heteroatoms. The first-order chi connectivity index (χ1) is 6.91. The lowest BCUT2D eigenvalue weighted by molar-refractivity contribution is -0.202. The van der Waals surface area contributed by atoms with Crippen molar-refractivity contribution in [2.75, 3.05) is 6.54 Å². The number of nitrogens with one attached hydrogen (secondary N) is 1. The van der Waals surface area contributed by atoms with Crippen LogP contribution in [0.2, 0.25) is 0 Å². The molecule has 0 spiro atoms. The Morgan fingerprint density at radius 3 is 2.67 bits per heavy atom. The van der Waals surface area contributed by atoms with E-state index in [2.05, 4.69) is 5.32 Å². The minimum Gasteiger partial charge on any atom is -0.382 e. The van der Waals surface area contributed by atoms with Crippen molar-refractivity contribution in [3.8, 4) is 0 Å². The minimum absolute atomic E-state index is 0.179. The second-order valence-corrected chi connectivity index (χ2v) is 4.18. The summed E-state index contributed by atoms with van der Waals surface area (Å²) in [6.07, 6.45) is -6.86. The van der Waals surface area contributed by atoms with E-state index in [1.807, 2.05) is 17.5 Å². The maximum Gasteiger partial charge on any atom is 0.415 e. The zero-order valence-corrected chi connectivity index (χ0v) is 8.90. The number of alkyl halides is 3. The Morgan fingerprint density at radius 2 is 2.20 bits per heavy atom. The van der Waals surface area contributed by atoms with Crippen LogP contribution in [0.15, 0.2) is 17.5 Å². The number of aliphatic hydroxyl groups is 1. The predicted octanol–water partition coefficient (Wildman–Crippen LogP) is 2.32. The van der Waals surface area contributed by atoms with Gasteiger partial charge in [0, 0.05) is 17.5 Å². The van der Waals surface area contributed by atoms with Crippen molar-refractivity contribution >= 4 is 11.3 Å². The molecule has 86 valence electrons. The summed E-state index contributed by atoms with van der Waals surface area (Å²) in [6, 6.07) is 3.49. The molecule has 0 radical (unpaired) electrons. The molecule has 0 saturated heterocycles. The molecule has 2 nitrogen and oxygen atoms in total. The van der Waals surface area contributed by atoms with E-state index in [9.17, 15) is 13.2 Å². The third-order valence-corrected chi connectivity index (χ3v) is 3.02. The van der Waals surface area contributed by atoms with Gasteiger partial charge in [0.2, 0.25) is 0 Å². The average Bonchev–Trinajstić information content (AvgIpc) is 2.64. The Hall–Kier alpha value is -0.590. The molecule has 0 aliphatic heterocycles. The molecular weight excluding hydrogens is 227 g/mol. The first-order valence-electron chi connectivity index (χ1n) is 4.43. The summed E-state index contributed by atoms with van der Waals surface area (Å²) in [4.78, 5) is 0.948. The van der Waals surface area contributed by atoms with E-state index in [-0.39, 0.29) is 6.04 Å². The van der Waals surface area contributed by atoms with Gasteiger partial charge in [-0.1, -0.05) is 6.07 Å². The van der Waals surface area contributed by atoms with Crippen molar-refractivity contribution in [3.63, 3.8) is 0 Å². The molecule has 0 aromatic carbocycles. The van der Waals surface area contributed by atoms with Crippen molar-refractivity contribution in [3.05, 3.63) is 22.4 Å². The zero-order chi connectivity index (χ0) is 11.5. The molecule has 2 atom stereocenters. The standard InChI is InChI=1S/C9H12F3NOS/c1-6(7-3-2-4-15-7)13-5-8(14)9(10,11)12/h2-4,6,8,13-14H,5H2,1H3. The molecule has 2 unspecified atom stereocenters. The number of halogens is 3. The first-order valence-corrected chi connectivity index (χ1v) is 5.31. The topological polar surface area (TPSA) is 32.3 Å². The second-order valence-electron chi connectivity index (χ2n) is 3.20. The lowest BCUT2D eigenvalue weighted by Gasteiger charge is -2.18. The molecule has 0 bridgehead atoms. The number of aliphatic hydroxyl groups excluding tert-OH is 1. The van der Waals surface area contributed by atoms with Crippen molar-refractivity contribution < 1.29 is 18.3 Å². The van der Waals surface area contributed by atoms with Gasteiger partial charge in [-0.15, -0.1) is 11.3 Å². The highest BCUT2D eigenvalue weighted by molar-refractivity contribution is 7.10. The van der Waals surface area contributed by atoms with Crippen LogP contribution in [-0.2, 0) is 0 Å². The Bertz CT molecular complexity index is 286. The van der Waals surface area contributed by atoms with Gasteiger partial charge in [0.05, 0.1) is 0 Å². The van der Waals surface area contributed by atoms with Crippen LogP contribution in [0.3, 0.4) is 0 Å². The Labute approximate surface area is 89.7 Å². The Balaban J connectivity index is 2.38. The van der Waals surface area contributed by atoms with Crippen molar-refractivity contribution in [2.24, 2.45) is 0 Å². The highest BCUT2D eigenvalue weighted by atomic mass is 32.1. The van der Waals surface area contributed by atoms with Crippen LogP contribution in [0.4, 0.5) is 13.2 Å². The van der Waals surface area contributed by atoms with Crippen LogP contribution in [-0.4, -0.2) is 23.9 Å². The van der Waals surface area contributed by atoms with Crippen LogP contribution in [0, 0.1) is 0 Å². The monoisotopic (exact) mass is 239 g/mol. The number of hydrogen-bond donors (Lipinski definition) is 2. The molecule has 2 N–H and O–H groups in total. The highest BCUT2D eigenvalue weighted by Crippen LogP contribution is 2.21. The quantitative estimate of drug-likeness (QED) is 0.845. The summed E-state index contributed by atoms with van der Waals surface area (Å²) in [5, 5.41) is 13.2. The molecule has 15 heavy (non-hydrogen) atoms. The summed E-state index contributed by atoms with van der Waals surface area (Å²) in [7, 11) is 0. The fraction of sp³-hybridized carbons (Fsp3) is 0.556.